The Morgan fingerprint density at radius 2 is 2.07 bits per heavy atom. The van der Waals surface area contributed by atoms with Crippen LogP contribution in [0.1, 0.15) is 27.2 Å². The predicted octanol–water partition coefficient (Wildman–Crippen LogP) is 0.201. The van der Waals surface area contributed by atoms with Gasteiger partial charge < -0.3 is 15.7 Å². The number of amides is 1. The number of likely N-dealkylation sites (N-methyl/N-ethyl adjacent to an activating group) is 1. The van der Waals surface area contributed by atoms with Crippen LogP contribution in [0.25, 0.3) is 0 Å². The maximum atomic E-state index is 11.8. The summed E-state index contributed by atoms with van der Waals surface area (Å²) in [6.45, 7) is 6.84. The van der Waals surface area contributed by atoms with E-state index in [2.05, 4.69) is 0 Å². The summed E-state index contributed by atoms with van der Waals surface area (Å²) in [7, 11) is 0. The molecule has 84 valence electrons. The molecule has 0 heterocycles. The Balaban J connectivity index is 4.26. The minimum Gasteiger partial charge on any atom is -0.395 e. The zero-order valence-corrected chi connectivity index (χ0v) is 9.36. The summed E-state index contributed by atoms with van der Waals surface area (Å²) < 4.78 is 0. The number of carbonyl (C=O) groups is 1. The minimum absolute atomic E-state index is 0.00714. The van der Waals surface area contributed by atoms with Crippen LogP contribution < -0.4 is 5.73 Å². The van der Waals surface area contributed by atoms with E-state index in [0.717, 1.165) is 6.42 Å². The molecule has 1 amide bonds. The highest BCUT2D eigenvalue weighted by molar-refractivity contribution is 5.81. The van der Waals surface area contributed by atoms with E-state index in [-0.39, 0.29) is 18.4 Å². The summed E-state index contributed by atoms with van der Waals surface area (Å²) in [5.74, 6) is 0.131. The normalized spacial score (nSPS) is 14.9. The minimum atomic E-state index is -0.438. The number of hydrogen-bond donors (Lipinski definition) is 2. The van der Waals surface area contributed by atoms with Gasteiger partial charge in [-0.3, -0.25) is 4.79 Å². The van der Waals surface area contributed by atoms with Crippen molar-refractivity contribution in [2.75, 3.05) is 19.7 Å². The van der Waals surface area contributed by atoms with Crippen LogP contribution in [0, 0.1) is 5.92 Å². The fraction of sp³-hybridized carbons (Fsp3) is 0.900. The Hall–Kier alpha value is -0.610. The molecule has 0 fully saturated rings. The largest absolute Gasteiger partial charge is 0.395 e. The molecule has 0 unspecified atom stereocenters. The van der Waals surface area contributed by atoms with Crippen molar-refractivity contribution in [3.8, 4) is 0 Å². The number of nitrogens with zero attached hydrogens (tertiary/aromatic N) is 1. The lowest BCUT2D eigenvalue weighted by Crippen LogP contribution is -2.47. The molecule has 0 rings (SSSR count). The first-order valence-electron chi connectivity index (χ1n) is 5.23. The highest BCUT2D eigenvalue weighted by Gasteiger charge is 2.23. The first-order valence-corrected chi connectivity index (χ1v) is 5.23. The van der Waals surface area contributed by atoms with Gasteiger partial charge in [-0.05, 0) is 12.8 Å². The average Bonchev–Trinajstić information content (AvgIpc) is 2.22. The fourth-order valence-corrected chi connectivity index (χ4v) is 1.25. The average molecular weight is 202 g/mol. The Labute approximate surface area is 86.1 Å². The fourth-order valence-electron chi connectivity index (χ4n) is 1.25. The molecule has 0 aliphatic rings. The van der Waals surface area contributed by atoms with Crippen molar-refractivity contribution in [2.24, 2.45) is 11.7 Å². The summed E-state index contributed by atoms with van der Waals surface area (Å²) in [5.41, 5.74) is 5.81. The standard InChI is InChI=1S/C10H22N2O2/c1-4-8(3)9(11)10(14)12(5-2)6-7-13/h8-9,13H,4-7,11H2,1-3H3/t8-,9-/m0/s1. The van der Waals surface area contributed by atoms with Crippen LogP contribution in [0.3, 0.4) is 0 Å². The molecule has 0 spiro atoms. The van der Waals surface area contributed by atoms with Gasteiger partial charge in [0.15, 0.2) is 0 Å². The van der Waals surface area contributed by atoms with E-state index in [9.17, 15) is 4.79 Å². The van der Waals surface area contributed by atoms with E-state index in [4.69, 9.17) is 10.8 Å². The van der Waals surface area contributed by atoms with E-state index < -0.39 is 6.04 Å². The maximum absolute atomic E-state index is 11.8. The number of hydrogen-bond acceptors (Lipinski definition) is 3. The molecule has 0 bridgehead atoms. The van der Waals surface area contributed by atoms with Crippen molar-refractivity contribution in [3.05, 3.63) is 0 Å². The van der Waals surface area contributed by atoms with Crippen LogP contribution in [0.15, 0.2) is 0 Å². The molecule has 0 saturated heterocycles. The zero-order valence-electron chi connectivity index (χ0n) is 9.36. The molecule has 4 heteroatoms. The highest BCUT2D eigenvalue weighted by Crippen LogP contribution is 2.08. The molecule has 0 aliphatic carbocycles. The third kappa shape index (κ3) is 3.64. The summed E-state index contributed by atoms with van der Waals surface area (Å²) in [6.07, 6.45) is 0.892. The first kappa shape index (κ1) is 13.4. The maximum Gasteiger partial charge on any atom is 0.239 e. The SMILES string of the molecule is CC[C@H](C)[C@H](N)C(=O)N(CC)CCO. The van der Waals surface area contributed by atoms with Crippen molar-refractivity contribution in [3.63, 3.8) is 0 Å². The second kappa shape index (κ2) is 6.79. The Bertz CT molecular complexity index is 170. The van der Waals surface area contributed by atoms with Gasteiger partial charge in [-0.2, -0.15) is 0 Å². The molecule has 3 N–H and O–H groups in total. The molecule has 0 aromatic heterocycles. The van der Waals surface area contributed by atoms with Crippen molar-refractivity contribution in [1.82, 2.24) is 4.90 Å². The third-order valence-electron chi connectivity index (χ3n) is 2.61. The number of rotatable bonds is 6. The molecule has 0 radical (unpaired) electrons. The van der Waals surface area contributed by atoms with Crippen LogP contribution in [-0.4, -0.2) is 41.7 Å². The quantitative estimate of drug-likeness (QED) is 0.646. The van der Waals surface area contributed by atoms with E-state index in [1.807, 2.05) is 20.8 Å². The number of nitrogens with two attached hydrogens (primary N) is 1. The Kier molecular flexibility index (Phi) is 6.49. The third-order valence-corrected chi connectivity index (χ3v) is 2.61. The van der Waals surface area contributed by atoms with Crippen molar-refractivity contribution < 1.29 is 9.90 Å². The monoisotopic (exact) mass is 202 g/mol. The van der Waals surface area contributed by atoms with Gasteiger partial charge >= 0.3 is 0 Å². The topological polar surface area (TPSA) is 66.6 Å². The van der Waals surface area contributed by atoms with Crippen LogP contribution in [0.2, 0.25) is 0 Å². The van der Waals surface area contributed by atoms with Crippen molar-refractivity contribution in [2.45, 2.75) is 33.2 Å². The molecule has 2 atom stereocenters. The zero-order chi connectivity index (χ0) is 11.1. The lowest BCUT2D eigenvalue weighted by molar-refractivity contribution is -0.134. The van der Waals surface area contributed by atoms with Crippen LogP contribution in [0.4, 0.5) is 0 Å². The van der Waals surface area contributed by atoms with Gasteiger partial charge in [0.25, 0.3) is 0 Å². The Morgan fingerprint density at radius 1 is 1.50 bits per heavy atom. The summed E-state index contributed by atoms with van der Waals surface area (Å²) >= 11 is 0. The Morgan fingerprint density at radius 3 is 2.43 bits per heavy atom. The van der Waals surface area contributed by atoms with E-state index in [1.54, 1.807) is 4.90 Å². The lowest BCUT2D eigenvalue weighted by atomic mass is 9.99. The number of carbonyl (C=O) groups excluding carboxylic acids is 1. The van der Waals surface area contributed by atoms with Crippen LogP contribution in [0.5, 0.6) is 0 Å². The second-order valence-electron chi connectivity index (χ2n) is 3.55. The molecule has 4 nitrogen and oxygen atoms in total. The van der Waals surface area contributed by atoms with Gasteiger partial charge in [-0.25, -0.2) is 0 Å². The van der Waals surface area contributed by atoms with E-state index in [0.29, 0.717) is 13.1 Å². The molecule has 0 aliphatic heterocycles. The first-order chi connectivity index (χ1) is 6.58. The highest BCUT2D eigenvalue weighted by atomic mass is 16.3. The van der Waals surface area contributed by atoms with Gasteiger partial charge in [-0.15, -0.1) is 0 Å². The van der Waals surface area contributed by atoms with Crippen molar-refractivity contribution >= 4 is 5.91 Å². The van der Waals surface area contributed by atoms with E-state index >= 15 is 0 Å². The summed E-state index contributed by atoms with van der Waals surface area (Å²) in [5, 5.41) is 8.76. The van der Waals surface area contributed by atoms with Crippen molar-refractivity contribution in [1.29, 1.82) is 0 Å². The number of aliphatic hydroxyl groups excluding tert-OH is 1. The summed E-state index contributed by atoms with van der Waals surface area (Å²) in [6, 6.07) is -0.438. The molecular weight excluding hydrogens is 180 g/mol. The molecule has 14 heavy (non-hydrogen) atoms. The number of aliphatic hydroxyl groups is 1. The van der Waals surface area contributed by atoms with Gasteiger partial charge in [0.1, 0.15) is 0 Å². The van der Waals surface area contributed by atoms with Gasteiger partial charge in [0.2, 0.25) is 5.91 Å². The van der Waals surface area contributed by atoms with Gasteiger partial charge in [0, 0.05) is 13.1 Å². The van der Waals surface area contributed by atoms with Crippen LogP contribution in [-0.2, 0) is 4.79 Å². The van der Waals surface area contributed by atoms with Gasteiger partial charge in [0.05, 0.1) is 12.6 Å². The van der Waals surface area contributed by atoms with Gasteiger partial charge in [-0.1, -0.05) is 20.3 Å². The molecule has 0 saturated carbocycles. The molecule has 0 aromatic rings. The van der Waals surface area contributed by atoms with E-state index in [1.165, 1.54) is 0 Å². The molecule has 0 aromatic carbocycles. The smallest absolute Gasteiger partial charge is 0.239 e. The summed E-state index contributed by atoms with van der Waals surface area (Å²) in [4.78, 5) is 13.3. The second-order valence-corrected chi connectivity index (χ2v) is 3.55. The lowest BCUT2D eigenvalue weighted by Gasteiger charge is -2.26. The molecular formula is C10H22N2O2. The van der Waals surface area contributed by atoms with Crippen LogP contribution >= 0.6 is 0 Å². The predicted molar refractivity (Wildman–Crippen MR) is 56.8 cm³/mol.